The molecule has 2 aliphatic heterocycles. The molecule has 0 atom stereocenters. The van der Waals surface area contributed by atoms with Crippen LogP contribution in [-0.4, -0.2) is 39.6 Å². The van der Waals surface area contributed by atoms with Gasteiger partial charge in [0, 0.05) is 26.2 Å². The number of benzene rings is 1. The van der Waals surface area contributed by atoms with Crippen LogP contribution in [0.2, 0.25) is 0 Å². The summed E-state index contributed by atoms with van der Waals surface area (Å²) in [5.74, 6) is 1.36. The summed E-state index contributed by atoms with van der Waals surface area (Å²) < 4.78 is 5.42. The van der Waals surface area contributed by atoms with Crippen LogP contribution in [0.25, 0.3) is 0 Å². The Kier molecular flexibility index (Phi) is 2.58. The number of guanidine groups is 1. The molecule has 6 nitrogen and oxygen atoms in total. The molecule has 0 fully saturated rings. The number of hydrogen-bond acceptors (Lipinski definition) is 5. The summed E-state index contributed by atoms with van der Waals surface area (Å²) in [7, 11) is 5.63. The van der Waals surface area contributed by atoms with E-state index in [9.17, 15) is 4.79 Å². The molecule has 0 aliphatic carbocycles. The normalized spacial score (nSPS) is 16.5. The van der Waals surface area contributed by atoms with E-state index in [2.05, 4.69) is 10.3 Å². The van der Waals surface area contributed by atoms with Crippen LogP contribution in [0, 0.1) is 0 Å². The lowest BCUT2D eigenvalue weighted by Crippen LogP contribution is -2.43. The molecule has 0 aromatic heterocycles. The van der Waals surface area contributed by atoms with Crippen molar-refractivity contribution in [1.29, 1.82) is 0 Å². The molecule has 0 radical (unpaired) electrons. The predicted octanol–water partition coefficient (Wildman–Crippen LogP) is 0.567. The monoisotopic (exact) mass is 260 g/mol. The Labute approximate surface area is 111 Å². The van der Waals surface area contributed by atoms with E-state index in [1.165, 1.54) is 0 Å². The lowest BCUT2D eigenvalue weighted by atomic mass is 10.1. The Morgan fingerprint density at radius 3 is 2.89 bits per heavy atom. The summed E-state index contributed by atoms with van der Waals surface area (Å²) in [4.78, 5) is 19.4. The molecule has 19 heavy (non-hydrogen) atoms. The Morgan fingerprint density at radius 1 is 1.42 bits per heavy atom. The van der Waals surface area contributed by atoms with Crippen molar-refractivity contribution >= 4 is 23.2 Å². The fourth-order valence-corrected chi connectivity index (χ4v) is 2.61. The van der Waals surface area contributed by atoms with Crippen LogP contribution in [0.5, 0.6) is 5.75 Å². The Hall–Kier alpha value is -2.24. The first-order chi connectivity index (χ1) is 9.11. The zero-order chi connectivity index (χ0) is 13.6. The summed E-state index contributed by atoms with van der Waals surface area (Å²) in [5, 5.41) is 3.19. The fourth-order valence-electron chi connectivity index (χ4n) is 2.61. The quantitative estimate of drug-likeness (QED) is 0.842. The number of methoxy groups -OCH3 is 1. The Bertz CT molecular complexity index is 580. The van der Waals surface area contributed by atoms with E-state index < -0.39 is 0 Å². The molecule has 0 spiro atoms. The topological polar surface area (TPSA) is 57.2 Å². The van der Waals surface area contributed by atoms with Crippen LogP contribution < -0.4 is 19.9 Å². The smallest absolute Gasteiger partial charge is 0.268 e. The SMILES string of the molecule is COc1ccc2c(c1N(C)C)CNC1=NC(=O)CN12. The van der Waals surface area contributed by atoms with E-state index in [0.717, 1.165) is 22.7 Å². The molecule has 1 aromatic rings. The van der Waals surface area contributed by atoms with E-state index in [0.29, 0.717) is 19.0 Å². The number of carbonyl (C=O) groups is 1. The second kappa shape index (κ2) is 4.15. The van der Waals surface area contributed by atoms with Crippen molar-refractivity contribution in [3.05, 3.63) is 17.7 Å². The summed E-state index contributed by atoms with van der Waals surface area (Å²) >= 11 is 0. The highest BCUT2D eigenvalue weighted by molar-refractivity contribution is 6.13. The van der Waals surface area contributed by atoms with Crippen LogP contribution in [-0.2, 0) is 11.3 Å². The van der Waals surface area contributed by atoms with E-state index in [-0.39, 0.29) is 5.91 Å². The van der Waals surface area contributed by atoms with Crippen molar-refractivity contribution in [3.63, 3.8) is 0 Å². The minimum absolute atomic E-state index is 0.113. The fraction of sp³-hybridized carbons (Fsp3) is 0.385. The Balaban J connectivity index is 2.15. The number of anilines is 2. The number of amides is 1. The van der Waals surface area contributed by atoms with E-state index in [1.807, 2.05) is 36.0 Å². The van der Waals surface area contributed by atoms with Crippen LogP contribution in [0.15, 0.2) is 17.1 Å². The molecule has 3 rings (SSSR count). The van der Waals surface area contributed by atoms with Crippen molar-refractivity contribution in [3.8, 4) is 5.75 Å². The average molecular weight is 260 g/mol. The second-order valence-corrected chi connectivity index (χ2v) is 4.78. The van der Waals surface area contributed by atoms with Gasteiger partial charge in [0.15, 0.2) is 0 Å². The van der Waals surface area contributed by atoms with Crippen molar-refractivity contribution in [2.45, 2.75) is 6.54 Å². The molecule has 0 saturated carbocycles. The summed E-state index contributed by atoms with van der Waals surface area (Å²) in [6.07, 6.45) is 0. The number of nitrogens with zero attached hydrogens (tertiary/aromatic N) is 3. The third kappa shape index (κ3) is 1.71. The van der Waals surface area contributed by atoms with Crippen LogP contribution in [0.1, 0.15) is 5.56 Å². The van der Waals surface area contributed by atoms with Gasteiger partial charge in [0.2, 0.25) is 5.96 Å². The van der Waals surface area contributed by atoms with Gasteiger partial charge in [-0.25, -0.2) is 0 Å². The van der Waals surface area contributed by atoms with Gasteiger partial charge in [-0.2, -0.15) is 4.99 Å². The van der Waals surface area contributed by atoms with Crippen molar-refractivity contribution < 1.29 is 9.53 Å². The molecule has 1 amide bonds. The highest BCUT2D eigenvalue weighted by Gasteiger charge is 2.32. The largest absolute Gasteiger partial charge is 0.495 e. The minimum atomic E-state index is -0.113. The summed E-state index contributed by atoms with van der Waals surface area (Å²) in [6, 6.07) is 3.91. The number of carbonyl (C=O) groups excluding carboxylic acids is 1. The lowest BCUT2D eigenvalue weighted by Gasteiger charge is -2.32. The average Bonchev–Trinajstić information content (AvgIpc) is 2.77. The maximum atomic E-state index is 11.5. The van der Waals surface area contributed by atoms with Gasteiger partial charge >= 0.3 is 0 Å². The second-order valence-electron chi connectivity index (χ2n) is 4.78. The van der Waals surface area contributed by atoms with Gasteiger partial charge in [0.1, 0.15) is 12.3 Å². The van der Waals surface area contributed by atoms with E-state index in [4.69, 9.17) is 4.74 Å². The molecule has 6 heteroatoms. The van der Waals surface area contributed by atoms with Crippen LogP contribution >= 0.6 is 0 Å². The van der Waals surface area contributed by atoms with E-state index in [1.54, 1.807) is 7.11 Å². The van der Waals surface area contributed by atoms with Crippen molar-refractivity contribution in [2.24, 2.45) is 4.99 Å². The standard InChI is InChI=1S/C13H16N4O2/c1-16(2)12-8-6-14-13-15-11(18)7-17(13)9(8)4-5-10(12)19-3/h4-5H,6-7H2,1-3H3,(H,14,15,18). The zero-order valence-electron chi connectivity index (χ0n) is 11.2. The molecule has 100 valence electrons. The van der Waals surface area contributed by atoms with Crippen LogP contribution in [0.4, 0.5) is 11.4 Å². The van der Waals surface area contributed by atoms with Gasteiger partial charge in [0.05, 0.1) is 18.5 Å². The number of rotatable bonds is 2. The number of hydrogen-bond donors (Lipinski definition) is 1. The molecule has 0 saturated heterocycles. The van der Waals surface area contributed by atoms with Crippen LogP contribution in [0.3, 0.4) is 0 Å². The predicted molar refractivity (Wildman–Crippen MR) is 73.9 cm³/mol. The number of nitrogens with one attached hydrogen (secondary N) is 1. The first kappa shape index (κ1) is 11.8. The molecule has 0 unspecified atom stereocenters. The molecule has 2 aliphatic rings. The molecular weight excluding hydrogens is 244 g/mol. The third-order valence-electron chi connectivity index (χ3n) is 3.38. The molecule has 1 N–H and O–H groups in total. The highest BCUT2D eigenvalue weighted by Crippen LogP contribution is 2.39. The highest BCUT2D eigenvalue weighted by atomic mass is 16.5. The van der Waals surface area contributed by atoms with Gasteiger partial charge in [-0.3, -0.25) is 4.79 Å². The maximum Gasteiger partial charge on any atom is 0.268 e. The van der Waals surface area contributed by atoms with Crippen molar-refractivity contribution in [1.82, 2.24) is 5.32 Å². The molecule has 0 bridgehead atoms. The summed E-state index contributed by atoms with van der Waals surface area (Å²) in [5.41, 5.74) is 3.18. The van der Waals surface area contributed by atoms with E-state index >= 15 is 0 Å². The molecule has 1 aromatic carbocycles. The van der Waals surface area contributed by atoms with Gasteiger partial charge in [-0.05, 0) is 12.1 Å². The molecular formula is C13H16N4O2. The molecule has 2 heterocycles. The van der Waals surface area contributed by atoms with Gasteiger partial charge in [-0.15, -0.1) is 0 Å². The maximum absolute atomic E-state index is 11.5. The first-order valence-electron chi connectivity index (χ1n) is 6.12. The summed E-state index contributed by atoms with van der Waals surface area (Å²) in [6.45, 7) is 0.942. The number of aliphatic imine (C=N–C) groups is 1. The number of fused-ring (bicyclic) bond motifs is 3. The number of ether oxygens (including phenoxy) is 1. The first-order valence-corrected chi connectivity index (χ1v) is 6.12. The third-order valence-corrected chi connectivity index (χ3v) is 3.38. The lowest BCUT2D eigenvalue weighted by molar-refractivity contribution is -0.115. The Morgan fingerprint density at radius 2 is 2.21 bits per heavy atom. The zero-order valence-corrected chi connectivity index (χ0v) is 11.2. The van der Waals surface area contributed by atoms with Crippen molar-refractivity contribution in [2.75, 3.05) is 37.5 Å². The van der Waals surface area contributed by atoms with Gasteiger partial charge in [0.25, 0.3) is 5.91 Å². The van der Waals surface area contributed by atoms with Gasteiger partial charge < -0.3 is 19.9 Å². The van der Waals surface area contributed by atoms with Gasteiger partial charge in [-0.1, -0.05) is 0 Å². The minimum Gasteiger partial charge on any atom is -0.495 e.